The van der Waals surface area contributed by atoms with Gasteiger partial charge in [-0.1, -0.05) is 40.9 Å². The summed E-state index contributed by atoms with van der Waals surface area (Å²) in [4.78, 5) is 15.8. The number of hydrogen-bond acceptors (Lipinski definition) is 2. The van der Waals surface area contributed by atoms with E-state index in [-0.39, 0.29) is 10.6 Å². The minimum atomic E-state index is -1.07. The number of aromatic nitrogens is 1. The third-order valence-electron chi connectivity index (χ3n) is 4.18. The molecule has 0 unspecified atom stereocenters. The maximum Gasteiger partial charge on any atom is 0.337 e. The van der Waals surface area contributed by atoms with Gasteiger partial charge in [0.1, 0.15) is 0 Å². The first kappa shape index (κ1) is 19.5. The topological polar surface area (TPSA) is 54.6 Å². The molecule has 0 amide bonds. The second kappa shape index (κ2) is 7.77. The van der Waals surface area contributed by atoms with E-state index in [0.29, 0.717) is 21.4 Å². The normalized spacial score (nSPS) is 11.3. The van der Waals surface area contributed by atoms with Crippen LogP contribution in [0.5, 0.6) is 0 Å². The van der Waals surface area contributed by atoms with Crippen LogP contribution in [0.15, 0.2) is 47.5 Å². The molecule has 0 radical (unpaired) electrons. The Bertz CT molecular complexity index is 1070. The Labute approximate surface area is 171 Å². The zero-order chi connectivity index (χ0) is 19.7. The fraction of sp³-hybridized carbons (Fsp3) is 0.100. The number of aromatic carboxylic acids is 1. The molecule has 1 heterocycles. The third-order valence-corrected chi connectivity index (χ3v) is 5.32. The molecule has 4 nitrogen and oxygen atoms in total. The molecule has 1 aromatic heterocycles. The molecule has 1 N–H and O–H groups in total. The second-order valence-corrected chi connectivity index (χ2v) is 7.15. The van der Waals surface area contributed by atoms with Gasteiger partial charge in [-0.15, -0.1) is 0 Å². The number of carboxylic acids is 1. The zero-order valence-corrected chi connectivity index (χ0v) is 16.8. The fourth-order valence-corrected chi connectivity index (χ4v) is 3.41. The summed E-state index contributed by atoms with van der Waals surface area (Å²) in [5, 5.41) is 10.3. The van der Waals surface area contributed by atoms with Crippen molar-refractivity contribution in [2.24, 2.45) is 4.99 Å². The first-order valence-corrected chi connectivity index (χ1v) is 9.13. The quantitative estimate of drug-likeness (QED) is 0.489. The lowest BCUT2D eigenvalue weighted by Crippen LogP contribution is -2.03. The van der Waals surface area contributed by atoms with Crippen LogP contribution in [0, 0.1) is 13.8 Å². The van der Waals surface area contributed by atoms with Crippen LogP contribution in [0.1, 0.15) is 27.3 Å². The predicted octanol–water partition coefficient (Wildman–Crippen LogP) is 6.50. The van der Waals surface area contributed by atoms with Crippen LogP contribution in [0.4, 0.5) is 5.69 Å². The second-order valence-electron chi connectivity index (χ2n) is 5.96. The molecule has 0 aliphatic carbocycles. The van der Waals surface area contributed by atoms with Crippen LogP contribution in [0.2, 0.25) is 15.1 Å². The van der Waals surface area contributed by atoms with Crippen LogP contribution in [0.25, 0.3) is 5.69 Å². The van der Waals surface area contributed by atoms with Gasteiger partial charge in [-0.05, 0) is 50.2 Å². The van der Waals surface area contributed by atoms with Gasteiger partial charge in [0.05, 0.1) is 26.3 Å². The average molecular weight is 422 g/mol. The van der Waals surface area contributed by atoms with Crippen LogP contribution in [-0.4, -0.2) is 21.9 Å². The van der Waals surface area contributed by atoms with Gasteiger partial charge < -0.3 is 9.67 Å². The largest absolute Gasteiger partial charge is 0.478 e. The molecule has 138 valence electrons. The van der Waals surface area contributed by atoms with Crippen LogP contribution in [-0.2, 0) is 0 Å². The van der Waals surface area contributed by atoms with E-state index in [1.165, 1.54) is 0 Å². The summed E-state index contributed by atoms with van der Waals surface area (Å²) in [7, 11) is 0. The van der Waals surface area contributed by atoms with Gasteiger partial charge in [-0.25, -0.2) is 4.79 Å². The van der Waals surface area contributed by atoms with E-state index in [2.05, 4.69) is 4.99 Å². The van der Waals surface area contributed by atoms with Gasteiger partial charge in [0.25, 0.3) is 0 Å². The standard InChI is InChI=1S/C20H15Cl3N2O2/c1-11-8-13(10-24-18-5-3-4-17(22)19(18)23)12(2)25(11)14-6-7-16(21)15(9-14)20(26)27/h3-10H,1-2H3,(H,26,27). The van der Waals surface area contributed by atoms with Crippen molar-refractivity contribution < 1.29 is 9.90 Å². The molecule has 0 aliphatic rings. The molecule has 0 atom stereocenters. The van der Waals surface area contributed by atoms with E-state index in [9.17, 15) is 9.90 Å². The minimum absolute atomic E-state index is 0.0580. The molecule has 0 saturated carbocycles. The molecular formula is C20H15Cl3N2O2. The van der Waals surface area contributed by atoms with Gasteiger partial charge in [0, 0.05) is 28.9 Å². The minimum Gasteiger partial charge on any atom is -0.478 e. The Morgan fingerprint density at radius 3 is 2.52 bits per heavy atom. The molecule has 0 aliphatic heterocycles. The molecule has 27 heavy (non-hydrogen) atoms. The first-order chi connectivity index (χ1) is 12.8. The summed E-state index contributed by atoms with van der Waals surface area (Å²) < 4.78 is 1.95. The maximum atomic E-state index is 11.4. The van der Waals surface area contributed by atoms with Gasteiger partial charge in [-0.2, -0.15) is 0 Å². The van der Waals surface area contributed by atoms with E-state index < -0.39 is 5.97 Å². The number of aliphatic imine (C=N–C) groups is 1. The molecule has 0 fully saturated rings. The number of hydrogen-bond donors (Lipinski definition) is 1. The lowest BCUT2D eigenvalue weighted by molar-refractivity contribution is 0.0697. The van der Waals surface area contributed by atoms with Gasteiger partial charge >= 0.3 is 5.97 Å². The van der Waals surface area contributed by atoms with Crippen molar-refractivity contribution in [3.05, 3.63) is 80.0 Å². The third kappa shape index (κ3) is 3.88. The Balaban J connectivity index is 2.03. The summed E-state index contributed by atoms with van der Waals surface area (Å²) in [6, 6.07) is 12.1. The van der Waals surface area contributed by atoms with E-state index in [0.717, 1.165) is 17.0 Å². The summed E-state index contributed by atoms with van der Waals surface area (Å²) in [5.74, 6) is -1.07. The number of rotatable bonds is 4. The highest BCUT2D eigenvalue weighted by molar-refractivity contribution is 6.43. The Kier molecular flexibility index (Phi) is 5.61. The zero-order valence-electron chi connectivity index (χ0n) is 14.5. The van der Waals surface area contributed by atoms with Crippen molar-refractivity contribution in [2.45, 2.75) is 13.8 Å². The van der Waals surface area contributed by atoms with Gasteiger partial charge in [-0.3, -0.25) is 4.99 Å². The van der Waals surface area contributed by atoms with Crippen molar-refractivity contribution in [1.82, 2.24) is 4.57 Å². The summed E-state index contributed by atoms with van der Waals surface area (Å²) in [6.07, 6.45) is 1.71. The molecule has 3 rings (SSSR count). The number of nitrogens with zero attached hydrogens (tertiary/aromatic N) is 2. The monoisotopic (exact) mass is 420 g/mol. The highest BCUT2D eigenvalue weighted by atomic mass is 35.5. The van der Waals surface area contributed by atoms with Crippen LogP contribution < -0.4 is 0 Å². The Morgan fingerprint density at radius 2 is 1.81 bits per heavy atom. The Morgan fingerprint density at radius 1 is 1.07 bits per heavy atom. The molecule has 0 bridgehead atoms. The van der Waals surface area contributed by atoms with E-state index in [1.54, 1.807) is 42.6 Å². The molecule has 7 heteroatoms. The van der Waals surface area contributed by atoms with Gasteiger partial charge in [0.2, 0.25) is 0 Å². The van der Waals surface area contributed by atoms with E-state index >= 15 is 0 Å². The maximum absolute atomic E-state index is 11.4. The summed E-state index contributed by atoms with van der Waals surface area (Å²) in [6.45, 7) is 3.87. The fourth-order valence-electron chi connectivity index (χ4n) is 2.86. The van der Waals surface area contributed by atoms with Crippen LogP contribution >= 0.6 is 34.8 Å². The van der Waals surface area contributed by atoms with Crippen molar-refractivity contribution in [2.75, 3.05) is 0 Å². The molecular weight excluding hydrogens is 407 g/mol. The lowest BCUT2D eigenvalue weighted by Gasteiger charge is -2.11. The van der Waals surface area contributed by atoms with Crippen molar-refractivity contribution in [1.29, 1.82) is 0 Å². The SMILES string of the molecule is Cc1cc(C=Nc2cccc(Cl)c2Cl)c(C)n1-c1ccc(Cl)c(C(=O)O)c1. The highest BCUT2D eigenvalue weighted by Crippen LogP contribution is 2.32. The highest BCUT2D eigenvalue weighted by Gasteiger charge is 2.14. The number of halogens is 3. The van der Waals surface area contributed by atoms with E-state index in [4.69, 9.17) is 34.8 Å². The average Bonchev–Trinajstić information content (AvgIpc) is 2.90. The van der Waals surface area contributed by atoms with Crippen molar-refractivity contribution in [3.63, 3.8) is 0 Å². The number of carbonyl (C=O) groups is 1. The first-order valence-electron chi connectivity index (χ1n) is 8.00. The number of carboxylic acid groups (broad SMARTS) is 1. The number of benzene rings is 2. The smallest absolute Gasteiger partial charge is 0.337 e. The summed E-state index contributed by atoms with van der Waals surface area (Å²) >= 11 is 18.2. The summed E-state index contributed by atoms with van der Waals surface area (Å²) in [5.41, 5.74) is 4.08. The van der Waals surface area contributed by atoms with E-state index in [1.807, 2.05) is 24.5 Å². The Hall–Kier alpha value is -2.27. The lowest BCUT2D eigenvalue weighted by atomic mass is 10.2. The molecule has 0 saturated heterocycles. The molecule has 3 aromatic rings. The molecule has 2 aromatic carbocycles. The predicted molar refractivity (Wildman–Crippen MR) is 111 cm³/mol. The van der Waals surface area contributed by atoms with Crippen LogP contribution in [0.3, 0.4) is 0 Å². The van der Waals surface area contributed by atoms with Crippen molar-refractivity contribution in [3.8, 4) is 5.69 Å². The van der Waals surface area contributed by atoms with Crippen molar-refractivity contribution >= 4 is 52.7 Å². The number of aryl methyl sites for hydroxylation is 1. The van der Waals surface area contributed by atoms with Gasteiger partial charge in [0.15, 0.2) is 0 Å². The molecule has 0 spiro atoms.